The number of hydrogen-bond acceptors (Lipinski definition) is 3. The monoisotopic (exact) mass is 193 g/mol. The normalized spacial score (nSPS) is 43.4. The quantitative estimate of drug-likeness (QED) is 0.598. The molecule has 2 rings (SSSR count). The second-order valence-electron chi connectivity index (χ2n) is 5.16. The molecule has 0 N–H and O–H groups in total. The van der Waals surface area contributed by atoms with E-state index >= 15 is 0 Å². The molecular weight excluding hydrogens is 178 g/mol. The minimum atomic E-state index is -0.545. The first-order chi connectivity index (χ1) is 6.40. The number of nitriles is 1. The fourth-order valence-electron chi connectivity index (χ4n) is 2.94. The SMILES string of the molecule is CC1(C)[C@]2(CC#N)CC[C@@]1(C)OC2=O. The van der Waals surface area contributed by atoms with Crippen LogP contribution < -0.4 is 0 Å². The van der Waals surface area contributed by atoms with E-state index in [-0.39, 0.29) is 23.4 Å². The summed E-state index contributed by atoms with van der Waals surface area (Å²) in [4.78, 5) is 11.8. The fraction of sp³-hybridized carbons (Fsp3) is 0.818. The fourth-order valence-corrected chi connectivity index (χ4v) is 2.94. The number of hydrogen-bond donors (Lipinski definition) is 0. The van der Waals surface area contributed by atoms with Gasteiger partial charge in [0.1, 0.15) is 5.60 Å². The molecule has 1 aliphatic carbocycles. The molecule has 2 fully saturated rings. The number of carbonyl (C=O) groups is 1. The van der Waals surface area contributed by atoms with Crippen molar-refractivity contribution in [2.24, 2.45) is 10.8 Å². The summed E-state index contributed by atoms with van der Waals surface area (Å²) in [5.74, 6) is -0.169. The number of esters is 1. The van der Waals surface area contributed by atoms with E-state index < -0.39 is 5.41 Å². The van der Waals surface area contributed by atoms with Crippen molar-refractivity contribution in [1.82, 2.24) is 0 Å². The Bertz CT molecular complexity index is 342. The van der Waals surface area contributed by atoms with Gasteiger partial charge in [0.25, 0.3) is 0 Å². The summed E-state index contributed by atoms with van der Waals surface area (Å²) < 4.78 is 5.43. The second-order valence-corrected chi connectivity index (χ2v) is 5.16. The van der Waals surface area contributed by atoms with Gasteiger partial charge in [-0.1, -0.05) is 13.8 Å². The molecule has 2 aliphatic rings. The third-order valence-electron chi connectivity index (χ3n) is 4.64. The number of fused-ring (bicyclic) bond motifs is 2. The van der Waals surface area contributed by atoms with Gasteiger partial charge in [0.2, 0.25) is 0 Å². The highest BCUT2D eigenvalue weighted by Gasteiger charge is 2.72. The first-order valence-corrected chi connectivity index (χ1v) is 5.00. The van der Waals surface area contributed by atoms with E-state index in [0.717, 1.165) is 12.8 Å². The van der Waals surface area contributed by atoms with Crippen molar-refractivity contribution in [2.45, 2.75) is 45.6 Å². The maximum absolute atomic E-state index is 11.8. The van der Waals surface area contributed by atoms with Crippen LogP contribution in [0.3, 0.4) is 0 Å². The van der Waals surface area contributed by atoms with Crippen molar-refractivity contribution < 1.29 is 9.53 Å². The van der Waals surface area contributed by atoms with E-state index in [9.17, 15) is 4.79 Å². The van der Waals surface area contributed by atoms with Gasteiger partial charge in [0, 0.05) is 5.41 Å². The minimum Gasteiger partial charge on any atom is -0.458 e. The molecule has 76 valence electrons. The molecule has 0 unspecified atom stereocenters. The molecule has 2 atom stereocenters. The van der Waals surface area contributed by atoms with Crippen LogP contribution in [0, 0.1) is 22.2 Å². The van der Waals surface area contributed by atoms with Gasteiger partial charge in [-0.2, -0.15) is 5.26 Å². The summed E-state index contributed by atoms with van der Waals surface area (Å²) in [6.45, 7) is 6.07. The summed E-state index contributed by atoms with van der Waals surface area (Å²) in [5.41, 5.74) is -1.12. The number of ether oxygens (including phenoxy) is 1. The Hall–Kier alpha value is -1.04. The Kier molecular flexibility index (Phi) is 1.57. The van der Waals surface area contributed by atoms with Crippen LogP contribution in [0.15, 0.2) is 0 Å². The Morgan fingerprint density at radius 2 is 2.07 bits per heavy atom. The molecule has 2 bridgehead atoms. The number of nitrogens with zero attached hydrogens (tertiary/aromatic N) is 1. The van der Waals surface area contributed by atoms with Crippen molar-refractivity contribution in [3.05, 3.63) is 0 Å². The number of rotatable bonds is 1. The highest BCUT2D eigenvalue weighted by molar-refractivity contribution is 5.83. The van der Waals surface area contributed by atoms with E-state index in [2.05, 4.69) is 6.07 Å². The Labute approximate surface area is 84.0 Å². The standard InChI is InChI=1S/C11H15NO2/c1-9(2)10(3)4-5-11(9,6-7-12)8(13)14-10/h4-6H2,1-3H3/t10-,11+/m1/s1. The zero-order valence-corrected chi connectivity index (χ0v) is 8.89. The zero-order chi connectivity index (χ0) is 10.6. The topological polar surface area (TPSA) is 50.1 Å². The molecule has 14 heavy (non-hydrogen) atoms. The summed E-state index contributed by atoms with van der Waals surface area (Å²) in [5, 5.41) is 8.82. The molecule has 3 nitrogen and oxygen atoms in total. The van der Waals surface area contributed by atoms with Crippen LogP contribution in [-0.2, 0) is 9.53 Å². The number of carbonyl (C=O) groups excluding carboxylic acids is 1. The van der Waals surface area contributed by atoms with Crippen LogP contribution in [0.5, 0.6) is 0 Å². The van der Waals surface area contributed by atoms with Crippen molar-refractivity contribution >= 4 is 5.97 Å². The summed E-state index contributed by atoms with van der Waals surface area (Å²) in [6, 6.07) is 2.13. The molecule has 0 aromatic carbocycles. The van der Waals surface area contributed by atoms with E-state index in [1.807, 2.05) is 20.8 Å². The van der Waals surface area contributed by atoms with Crippen LogP contribution in [0.1, 0.15) is 40.0 Å². The zero-order valence-electron chi connectivity index (χ0n) is 8.89. The molecule has 1 saturated carbocycles. The summed E-state index contributed by atoms with van der Waals surface area (Å²) in [7, 11) is 0. The molecule has 1 aliphatic heterocycles. The van der Waals surface area contributed by atoms with Crippen LogP contribution in [0.2, 0.25) is 0 Å². The average Bonchev–Trinajstić information content (AvgIpc) is 2.34. The molecule has 3 heteroatoms. The predicted octanol–water partition coefficient (Wildman–Crippen LogP) is 2.02. The largest absolute Gasteiger partial charge is 0.458 e. The van der Waals surface area contributed by atoms with Crippen molar-refractivity contribution in [3.8, 4) is 6.07 Å². The van der Waals surface area contributed by atoms with Crippen LogP contribution in [0.25, 0.3) is 0 Å². The molecule has 0 amide bonds. The van der Waals surface area contributed by atoms with E-state index in [1.165, 1.54) is 0 Å². The smallest absolute Gasteiger partial charge is 0.314 e. The Morgan fingerprint density at radius 3 is 2.43 bits per heavy atom. The van der Waals surface area contributed by atoms with Crippen molar-refractivity contribution in [3.63, 3.8) is 0 Å². The lowest BCUT2D eigenvalue weighted by Crippen LogP contribution is -2.39. The van der Waals surface area contributed by atoms with Crippen LogP contribution in [-0.4, -0.2) is 11.6 Å². The summed E-state index contributed by atoms with van der Waals surface area (Å²) in [6.07, 6.45) is 1.96. The third-order valence-corrected chi connectivity index (χ3v) is 4.64. The molecule has 1 saturated heterocycles. The highest BCUT2D eigenvalue weighted by Crippen LogP contribution is 2.66. The molecule has 1 heterocycles. The van der Waals surface area contributed by atoms with Gasteiger partial charge in [-0.15, -0.1) is 0 Å². The maximum Gasteiger partial charge on any atom is 0.314 e. The van der Waals surface area contributed by atoms with Gasteiger partial charge < -0.3 is 4.74 Å². The van der Waals surface area contributed by atoms with Gasteiger partial charge in [-0.25, -0.2) is 0 Å². The lowest BCUT2D eigenvalue weighted by molar-refractivity contribution is -0.159. The minimum absolute atomic E-state index is 0.169. The van der Waals surface area contributed by atoms with Crippen molar-refractivity contribution in [1.29, 1.82) is 5.26 Å². The maximum atomic E-state index is 11.8. The van der Waals surface area contributed by atoms with Crippen molar-refractivity contribution in [2.75, 3.05) is 0 Å². The summed E-state index contributed by atoms with van der Waals surface area (Å²) >= 11 is 0. The van der Waals surface area contributed by atoms with E-state index in [0.29, 0.717) is 0 Å². The van der Waals surface area contributed by atoms with Gasteiger partial charge in [-0.3, -0.25) is 4.79 Å². The van der Waals surface area contributed by atoms with Crippen LogP contribution >= 0.6 is 0 Å². The first-order valence-electron chi connectivity index (χ1n) is 5.00. The molecular formula is C11H15NO2. The lowest BCUT2D eigenvalue weighted by Gasteiger charge is -2.34. The van der Waals surface area contributed by atoms with E-state index in [4.69, 9.17) is 10.00 Å². The van der Waals surface area contributed by atoms with Gasteiger partial charge in [-0.05, 0) is 19.8 Å². The first kappa shape index (κ1) is 9.51. The Morgan fingerprint density at radius 1 is 1.43 bits per heavy atom. The molecule has 0 spiro atoms. The van der Waals surface area contributed by atoms with Gasteiger partial charge in [0.15, 0.2) is 0 Å². The molecule has 0 aromatic heterocycles. The second kappa shape index (κ2) is 2.31. The van der Waals surface area contributed by atoms with E-state index in [1.54, 1.807) is 0 Å². The molecule has 0 aromatic rings. The van der Waals surface area contributed by atoms with Crippen LogP contribution in [0.4, 0.5) is 0 Å². The third kappa shape index (κ3) is 0.716. The predicted molar refractivity (Wildman–Crippen MR) is 50.2 cm³/mol. The van der Waals surface area contributed by atoms with Gasteiger partial charge in [0.05, 0.1) is 17.9 Å². The van der Waals surface area contributed by atoms with Gasteiger partial charge >= 0.3 is 5.97 Å². The Balaban J connectivity index is 2.52. The lowest BCUT2D eigenvalue weighted by atomic mass is 9.64. The highest BCUT2D eigenvalue weighted by atomic mass is 16.6. The average molecular weight is 193 g/mol. The molecule has 0 radical (unpaired) electrons.